The van der Waals surface area contributed by atoms with E-state index in [4.69, 9.17) is 9.94 Å². The van der Waals surface area contributed by atoms with Crippen molar-refractivity contribution >= 4 is 5.97 Å². The Labute approximate surface area is 149 Å². The lowest BCUT2D eigenvalue weighted by molar-refractivity contribution is -0.122. The van der Waals surface area contributed by atoms with Gasteiger partial charge in [-0.25, -0.2) is 4.79 Å². The van der Waals surface area contributed by atoms with E-state index in [1.165, 1.54) is 0 Å². The van der Waals surface area contributed by atoms with Crippen LogP contribution in [0.2, 0.25) is 0 Å². The Hall–Kier alpha value is -1.69. The second-order valence-corrected chi connectivity index (χ2v) is 6.53. The van der Waals surface area contributed by atoms with E-state index in [0.29, 0.717) is 12.2 Å². The van der Waals surface area contributed by atoms with Gasteiger partial charge >= 0.3 is 5.97 Å². The molecule has 0 spiro atoms. The van der Waals surface area contributed by atoms with E-state index in [9.17, 15) is 9.90 Å². The summed E-state index contributed by atoms with van der Waals surface area (Å²) in [6, 6.07) is 7.15. The molecule has 1 aromatic carbocycles. The number of hydrogen-bond acceptors (Lipinski definition) is 4. The number of rotatable bonds is 10. The normalized spacial score (nSPS) is 19.5. The summed E-state index contributed by atoms with van der Waals surface area (Å²) in [6.45, 7) is 3.59. The van der Waals surface area contributed by atoms with Gasteiger partial charge in [-0.1, -0.05) is 50.5 Å². The smallest absolute Gasteiger partial charge is 0.335 e. The van der Waals surface area contributed by atoms with Gasteiger partial charge in [0, 0.05) is 6.54 Å². The lowest BCUT2D eigenvalue weighted by atomic mass is 10.1. The molecule has 5 nitrogen and oxygen atoms in total. The summed E-state index contributed by atoms with van der Waals surface area (Å²) < 4.78 is 0. The fourth-order valence-corrected chi connectivity index (χ4v) is 2.96. The summed E-state index contributed by atoms with van der Waals surface area (Å²) in [5.74, 6) is -0.905. The first-order chi connectivity index (χ1) is 12.1. The Kier molecular flexibility index (Phi) is 8.12. The topological polar surface area (TPSA) is 70.0 Å². The summed E-state index contributed by atoms with van der Waals surface area (Å²) in [6.07, 6.45) is 9.48. The van der Waals surface area contributed by atoms with Crippen LogP contribution in [0.25, 0.3) is 0 Å². The molecular formula is C20H29NO4. The van der Waals surface area contributed by atoms with Gasteiger partial charge < -0.3 is 10.2 Å². The highest BCUT2D eigenvalue weighted by Gasteiger charge is 2.23. The fourth-order valence-electron chi connectivity index (χ4n) is 2.96. The molecule has 1 heterocycles. The van der Waals surface area contributed by atoms with Crippen LogP contribution in [0.5, 0.6) is 0 Å². The molecule has 0 radical (unpaired) electrons. The van der Waals surface area contributed by atoms with Gasteiger partial charge in [-0.15, -0.1) is 0 Å². The molecular weight excluding hydrogens is 318 g/mol. The molecule has 1 aliphatic heterocycles. The highest BCUT2D eigenvalue weighted by atomic mass is 16.7. The first kappa shape index (κ1) is 19.6. The maximum absolute atomic E-state index is 10.9. The molecule has 2 rings (SSSR count). The van der Waals surface area contributed by atoms with Crippen LogP contribution in [0.4, 0.5) is 0 Å². The van der Waals surface area contributed by atoms with E-state index in [-0.39, 0.29) is 12.1 Å². The lowest BCUT2D eigenvalue weighted by Crippen LogP contribution is -2.29. The van der Waals surface area contributed by atoms with Gasteiger partial charge in [-0.2, -0.15) is 5.06 Å². The predicted octanol–water partition coefficient (Wildman–Crippen LogP) is 3.43. The van der Waals surface area contributed by atoms with Crippen molar-refractivity contribution in [3.05, 3.63) is 47.5 Å². The minimum Gasteiger partial charge on any atom is -0.478 e. The Morgan fingerprint density at radius 1 is 1.36 bits per heavy atom. The number of carboxylic acid groups (broad SMARTS) is 1. The molecule has 0 bridgehead atoms. The van der Waals surface area contributed by atoms with Crippen molar-refractivity contribution in [3.8, 4) is 0 Å². The van der Waals surface area contributed by atoms with Crippen molar-refractivity contribution in [2.45, 2.75) is 57.6 Å². The third-order valence-corrected chi connectivity index (χ3v) is 4.52. The third kappa shape index (κ3) is 6.61. The number of carbonyl (C=O) groups is 1. The van der Waals surface area contributed by atoms with E-state index in [2.05, 4.69) is 13.0 Å². The Balaban J connectivity index is 1.79. The van der Waals surface area contributed by atoms with E-state index in [1.54, 1.807) is 12.1 Å². The van der Waals surface area contributed by atoms with Crippen LogP contribution < -0.4 is 0 Å². The number of hydrogen-bond donors (Lipinski definition) is 2. The second-order valence-electron chi connectivity index (χ2n) is 6.53. The third-order valence-electron chi connectivity index (χ3n) is 4.52. The van der Waals surface area contributed by atoms with Crippen molar-refractivity contribution < 1.29 is 19.8 Å². The van der Waals surface area contributed by atoms with Gasteiger partial charge in [0.25, 0.3) is 0 Å². The van der Waals surface area contributed by atoms with Gasteiger partial charge in [0.05, 0.1) is 24.3 Å². The molecule has 1 fully saturated rings. The molecule has 0 amide bonds. The van der Waals surface area contributed by atoms with Crippen LogP contribution in [0.3, 0.4) is 0 Å². The number of hydroxylamine groups is 2. The molecule has 1 unspecified atom stereocenters. The standard InChI is InChI=1S/C20H29NO4/c1-2-3-4-5-19(22)11-10-18-13-15-25-21(18)14-12-16-6-8-17(9-7-16)20(23)24/h6-11,18-19,22H,2-5,12-15H2,1H3,(H,23,24)/b11-10+/t18?,19-/m1/s1. The summed E-state index contributed by atoms with van der Waals surface area (Å²) in [7, 11) is 0. The molecule has 0 aromatic heterocycles. The molecule has 1 aromatic rings. The van der Waals surface area contributed by atoms with Gasteiger partial charge in [0.15, 0.2) is 0 Å². The number of aromatic carboxylic acids is 1. The highest BCUT2D eigenvalue weighted by molar-refractivity contribution is 5.87. The zero-order valence-electron chi connectivity index (χ0n) is 14.9. The molecule has 0 saturated carbocycles. The van der Waals surface area contributed by atoms with Crippen LogP contribution in [0.1, 0.15) is 54.9 Å². The van der Waals surface area contributed by atoms with Crippen molar-refractivity contribution in [1.82, 2.24) is 5.06 Å². The van der Waals surface area contributed by atoms with Crippen molar-refractivity contribution in [3.63, 3.8) is 0 Å². The van der Waals surface area contributed by atoms with Gasteiger partial charge in [-0.3, -0.25) is 4.84 Å². The zero-order valence-corrected chi connectivity index (χ0v) is 14.9. The molecule has 2 atom stereocenters. The average Bonchev–Trinajstić information content (AvgIpc) is 3.06. The van der Waals surface area contributed by atoms with Crippen LogP contribution in [-0.4, -0.2) is 46.5 Å². The summed E-state index contributed by atoms with van der Waals surface area (Å²) in [5.41, 5.74) is 1.39. The van der Waals surface area contributed by atoms with E-state index in [0.717, 1.165) is 50.6 Å². The minimum absolute atomic E-state index is 0.194. The average molecular weight is 347 g/mol. The Morgan fingerprint density at radius 3 is 2.80 bits per heavy atom. The number of aliphatic hydroxyl groups excluding tert-OH is 1. The van der Waals surface area contributed by atoms with Crippen LogP contribution in [0, 0.1) is 0 Å². The maximum atomic E-state index is 10.9. The Bertz CT molecular complexity index is 555. The van der Waals surface area contributed by atoms with Gasteiger partial charge in [-0.05, 0) is 37.0 Å². The monoisotopic (exact) mass is 347 g/mol. The molecule has 1 aliphatic rings. The fraction of sp³-hybridized carbons (Fsp3) is 0.550. The van der Waals surface area contributed by atoms with Crippen molar-refractivity contribution in [2.75, 3.05) is 13.2 Å². The summed E-state index contributed by atoms with van der Waals surface area (Å²) >= 11 is 0. The quantitative estimate of drug-likeness (QED) is 0.501. The molecule has 25 heavy (non-hydrogen) atoms. The van der Waals surface area contributed by atoms with Gasteiger partial charge in [0.2, 0.25) is 0 Å². The maximum Gasteiger partial charge on any atom is 0.335 e. The van der Waals surface area contributed by atoms with Crippen LogP contribution in [-0.2, 0) is 11.3 Å². The number of carboxylic acids is 1. The number of aliphatic hydroxyl groups is 1. The van der Waals surface area contributed by atoms with Gasteiger partial charge in [0.1, 0.15) is 0 Å². The summed E-state index contributed by atoms with van der Waals surface area (Å²) in [4.78, 5) is 16.6. The number of benzene rings is 1. The summed E-state index contributed by atoms with van der Waals surface area (Å²) in [5, 5.41) is 20.9. The minimum atomic E-state index is -0.905. The van der Waals surface area contributed by atoms with Crippen LogP contribution in [0.15, 0.2) is 36.4 Å². The second kappa shape index (κ2) is 10.3. The largest absolute Gasteiger partial charge is 0.478 e. The number of nitrogens with zero attached hydrogens (tertiary/aromatic N) is 1. The van der Waals surface area contributed by atoms with Crippen molar-refractivity contribution in [1.29, 1.82) is 0 Å². The van der Waals surface area contributed by atoms with E-state index < -0.39 is 5.97 Å². The highest BCUT2D eigenvalue weighted by Crippen LogP contribution is 2.18. The molecule has 5 heteroatoms. The molecule has 2 N–H and O–H groups in total. The van der Waals surface area contributed by atoms with E-state index >= 15 is 0 Å². The lowest BCUT2D eigenvalue weighted by Gasteiger charge is -2.20. The first-order valence-electron chi connectivity index (χ1n) is 9.18. The van der Waals surface area contributed by atoms with Crippen LogP contribution >= 0.6 is 0 Å². The molecule has 138 valence electrons. The van der Waals surface area contributed by atoms with Crippen molar-refractivity contribution in [2.24, 2.45) is 0 Å². The predicted molar refractivity (Wildman–Crippen MR) is 97.5 cm³/mol. The first-order valence-corrected chi connectivity index (χ1v) is 9.18. The SMILES string of the molecule is CCCCC[C@@H](O)/C=C/C1CCON1CCc1ccc(C(=O)O)cc1. The number of unbranched alkanes of at least 4 members (excludes halogenated alkanes) is 2. The Morgan fingerprint density at radius 2 is 2.12 bits per heavy atom. The molecule has 0 aliphatic carbocycles. The zero-order chi connectivity index (χ0) is 18.1. The van der Waals surface area contributed by atoms with E-state index in [1.807, 2.05) is 23.3 Å². The molecule has 1 saturated heterocycles.